The van der Waals surface area contributed by atoms with Crippen molar-refractivity contribution in [1.29, 1.82) is 0 Å². The largest absolute Gasteiger partial charge is 0.484 e. The van der Waals surface area contributed by atoms with E-state index in [-0.39, 0.29) is 21.5 Å². The molecule has 0 aromatic heterocycles. The fourth-order valence-electron chi connectivity index (χ4n) is 2.05. The number of nitro benzene ring substituents is 1. The summed E-state index contributed by atoms with van der Waals surface area (Å²) >= 11 is 1.82. The zero-order valence-corrected chi connectivity index (χ0v) is 12.8. The van der Waals surface area contributed by atoms with Crippen LogP contribution in [0.5, 0.6) is 5.75 Å². The summed E-state index contributed by atoms with van der Waals surface area (Å²) in [5, 5.41) is 14.5. The van der Waals surface area contributed by atoms with Crippen molar-refractivity contribution in [1.82, 2.24) is 0 Å². The summed E-state index contributed by atoms with van der Waals surface area (Å²) in [5.41, 5.74) is 0.562. The Hall–Kier alpha value is -1.43. The zero-order valence-electron chi connectivity index (χ0n) is 12.0. The first-order valence-electron chi connectivity index (χ1n) is 6.70. The molecule has 1 aliphatic carbocycles. The Morgan fingerprint density at radius 2 is 2.20 bits per heavy atom. The molecule has 1 aliphatic rings. The molecule has 1 fully saturated rings. The molecule has 20 heavy (non-hydrogen) atoms. The fourth-order valence-corrected chi connectivity index (χ4v) is 2.78. The Bertz CT molecular complexity index is 501. The molecule has 0 amide bonds. The molecule has 0 radical (unpaired) electrons. The summed E-state index contributed by atoms with van der Waals surface area (Å²) in [6, 6.07) is 5.16. The number of thioether (sulfide) groups is 1. The lowest BCUT2D eigenvalue weighted by atomic mass is 10.2. The average molecular weight is 296 g/mol. The number of nitrogens with one attached hydrogen (secondary N) is 1. The average Bonchev–Trinajstić information content (AvgIpc) is 3.16. The molecule has 2 rings (SSSR count). The topological polar surface area (TPSA) is 64.4 Å². The lowest BCUT2D eigenvalue weighted by Gasteiger charge is -2.16. The van der Waals surface area contributed by atoms with Gasteiger partial charge in [-0.1, -0.05) is 6.07 Å². The molecule has 0 unspecified atom stereocenters. The van der Waals surface area contributed by atoms with Crippen molar-refractivity contribution in [3.63, 3.8) is 0 Å². The Kier molecular flexibility index (Phi) is 4.42. The van der Waals surface area contributed by atoms with Crippen LogP contribution in [-0.2, 0) is 0 Å². The summed E-state index contributed by atoms with van der Waals surface area (Å²) in [5.74, 6) is 0.323. The van der Waals surface area contributed by atoms with Crippen LogP contribution >= 0.6 is 11.8 Å². The number of nitrogens with zero attached hydrogens (tertiary/aromatic N) is 1. The lowest BCUT2D eigenvalue weighted by molar-refractivity contribution is -0.385. The van der Waals surface area contributed by atoms with Gasteiger partial charge in [-0.15, -0.1) is 0 Å². The van der Waals surface area contributed by atoms with Crippen molar-refractivity contribution in [3.8, 4) is 5.75 Å². The smallest absolute Gasteiger partial charge is 0.333 e. The quantitative estimate of drug-likeness (QED) is 0.614. The zero-order chi connectivity index (χ0) is 14.8. The van der Waals surface area contributed by atoms with E-state index in [1.807, 2.05) is 25.6 Å². The number of para-hydroxylation sites is 1. The Labute approximate surface area is 123 Å². The van der Waals surface area contributed by atoms with Gasteiger partial charge >= 0.3 is 5.69 Å². The van der Waals surface area contributed by atoms with E-state index >= 15 is 0 Å². The molecule has 0 bridgehead atoms. The van der Waals surface area contributed by atoms with Crippen molar-refractivity contribution in [2.24, 2.45) is 0 Å². The Morgan fingerprint density at radius 1 is 1.50 bits per heavy atom. The number of nitro groups is 1. The van der Waals surface area contributed by atoms with E-state index in [1.54, 1.807) is 18.2 Å². The molecule has 1 aromatic carbocycles. The third-order valence-corrected chi connectivity index (χ3v) is 4.80. The first-order chi connectivity index (χ1) is 9.47. The highest BCUT2D eigenvalue weighted by Gasteiger charge is 2.42. The third kappa shape index (κ3) is 3.36. The summed E-state index contributed by atoms with van der Waals surface area (Å²) in [6.45, 7) is 4.47. The minimum Gasteiger partial charge on any atom is -0.484 e. The molecule has 0 atom stereocenters. The third-order valence-electron chi connectivity index (χ3n) is 3.39. The van der Waals surface area contributed by atoms with Gasteiger partial charge in [-0.25, -0.2) is 0 Å². The van der Waals surface area contributed by atoms with Gasteiger partial charge in [0.05, 0.1) is 11.0 Å². The summed E-state index contributed by atoms with van der Waals surface area (Å²) in [4.78, 5) is 10.9. The molecule has 1 saturated carbocycles. The minimum atomic E-state index is -0.376. The van der Waals surface area contributed by atoms with E-state index in [1.165, 1.54) is 0 Å². The van der Waals surface area contributed by atoms with E-state index in [2.05, 4.69) is 11.6 Å². The van der Waals surface area contributed by atoms with Crippen molar-refractivity contribution < 1.29 is 9.66 Å². The van der Waals surface area contributed by atoms with E-state index in [0.717, 1.165) is 19.4 Å². The monoisotopic (exact) mass is 296 g/mol. The predicted molar refractivity (Wildman–Crippen MR) is 82.8 cm³/mol. The highest BCUT2D eigenvalue weighted by Crippen LogP contribution is 2.47. The summed E-state index contributed by atoms with van der Waals surface area (Å²) in [6.07, 6.45) is 4.32. The summed E-state index contributed by atoms with van der Waals surface area (Å²) < 4.78 is 5.79. The number of hydrogen-bond donors (Lipinski definition) is 1. The van der Waals surface area contributed by atoms with E-state index in [4.69, 9.17) is 4.74 Å². The van der Waals surface area contributed by atoms with Gasteiger partial charge in [0, 0.05) is 11.3 Å². The van der Waals surface area contributed by atoms with Crippen LogP contribution < -0.4 is 10.1 Å². The maximum atomic E-state index is 11.3. The van der Waals surface area contributed by atoms with Crippen LogP contribution in [0.25, 0.3) is 0 Å². The Balaban J connectivity index is 2.20. The van der Waals surface area contributed by atoms with Crippen LogP contribution in [-0.4, -0.2) is 28.6 Å². The number of benzene rings is 1. The van der Waals surface area contributed by atoms with Gasteiger partial charge < -0.3 is 10.1 Å². The van der Waals surface area contributed by atoms with E-state index in [9.17, 15) is 10.1 Å². The van der Waals surface area contributed by atoms with Crippen molar-refractivity contribution in [2.75, 3.05) is 18.1 Å². The van der Waals surface area contributed by atoms with Gasteiger partial charge in [0.1, 0.15) is 5.69 Å². The maximum Gasteiger partial charge on any atom is 0.333 e. The molecule has 0 spiro atoms. The SMILES string of the molecule is CSC1(CNc2cccc(OC(C)C)c2[N+](=O)[O-])CC1. The van der Waals surface area contributed by atoms with Crippen molar-refractivity contribution >= 4 is 23.1 Å². The minimum absolute atomic E-state index is 0.0260. The molecule has 5 nitrogen and oxygen atoms in total. The molecule has 6 heteroatoms. The predicted octanol–water partition coefficient (Wildman–Crippen LogP) is 3.69. The fraction of sp³-hybridized carbons (Fsp3) is 0.571. The summed E-state index contributed by atoms with van der Waals surface area (Å²) in [7, 11) is 0. The first kappa shape index (κ1) is 15.0. The highest BCUT2D eigenvalue weighted by atomic mass is 32.2. The van der Waals surface area contributed by atoms with Crippen LogP contribution in [0.2, 0.25) is 0 Å². The molecule has 0 heterocycles. The molecule has 0 aliphatic heterocycles. The van der Waals surface area contributed by atoms with Crippen molar-refractivity contribution in [3.05, 3.63) is 28.3 Å². The second-order valence-electron chi connectivity index (χ2n) is 5.32. The van der Waals surface area contributed by atoms with Gasteiger partial charge in [0.15, 0.2) is 5.75 Å². The van der Waals surface area contributed by atoms with Crippen LogP contribution in [0.1, 0.15) is 26.7 Å². The normalized spacial score (nSPS) is 16.0. The molecule has 0 saturated heterocycles. The maximum absolute atomic E-state index is 11.3. The van der Waals surface area contributed by atoms with Crippen LogP contribution in [0.15, 0.2) is 18.2 Å². The number of ether oxygens (including phenoxy) is 1. The number of anilines is 1. The molecule has 1 N–H and O–H groups in total. The number of rotatable bonds is 7. The molecule has 110 valence electrons. The molecular weight excluding hydrogens is 276 g/mol. The van der Waals surface area contributed by atoms with Gasteiger partial charge in [0.2, 0.25) is 0 Å². The molecular formula is C14H20N2O3S. The van der Waals surface area contributed by atoms with E-state index in [0.29, 0.717) is 11.4 Å². The van der Waals surface area contributed by atoms with Crippen molar-refractivity contribution in [2.45, 2.75) is 37.5 Å². The lowest BCUT2D eigenvalue weighted by Crippen LogP contribution is -2.18. The second-order valence-corrected chi connectivity index (χ2v) is 6.59. The standard InChI is InChI=1S/C14H20N2O3S/c1-10(2)19-12-6-4-5-11(13(12)16(17)18)15-9-14(20-3)7-8-14/h4-6,10,15H,7-9H2,1-3H3. The molecule has 1 aromatic rings. The van der Waals surface area contributed by atoms with Crippen LogP contribution in [0.3, 0.4) is 0 Å². The van der Waals surface area contributed by atoms with E-state index < -0.39 is 0 Å². The second kappa shape index (κ2) is 5.91. The highest BCUT2D eigenvalue weighted by molar-refractivity contribution is 8.00. The first-order valence-corrected chi connectivity index (χ1v) is 7.93. The van der Waals surface area contributed by atoms with Gasteiger partial charge in [-0.3, -0.25) is 10.1 Å². The Morgan fingerprint density at radius 3 is 2.70 bits per heavy atom. The van der Waals surface area contributed by atoms with Crippen LogP contribution in [0, 0.1) is 10.1 Å². The van der Waals surface area contributed by atoms with Gasteiger partial charge in [-0.05, 0) is 45.1 Å². The van der Waals surface area contributed by atoms with Gasteiger partial charge in [0.25, 0.3) is 0 Å². The van der Waals surface area contributed by atoms with Crippen LogP contribution in [0.4, 0.5) is 11.4 Å². The number of hydrogen-bond acceptors (Lipinski definition) is 5. The van der Waals surface area contributed by atoms with Gasteiger partial charge in [-0.2, -0.15) is 11.8 Å².